The molecule has 0 atom stereocenters. The monoisotopic (exact) mass is 245 g/mol. The van der Waals surface area contributed by atoms with Gasteiger partial charge in [-0.15, -0.1) is 0 Å². The second-order valence-electron chi connectivity index (χ2n) is 7.16. The number of aromatic nitrogens is 1. The van der Waals surface area contributed by atoms with Gasteiger partial charge >= 0.3 is 0 Å². The van der Waals surface area contributed by atoms with Gasteiger partial charge in [-0.2, -0.15) is 0 Å². The number of rotatable bonds is 2. The first-order valence-electron chi connectivity index (χ1n) is 6.55. The Morgan fingerprint density at radius 3 is 2.56 bits per heavy atom. The molecule has 0 aliphatic carbocycles. The van der Waals surface area contributed by atoms with Crippen molar-refractivity contribution in [3.8, 4) is 0 Å². The predicted octanol–water partition coefficient (Wildman–Crippen LogP) is 3.94. The molecule has 1 aliphatic heterocycles. The van der Waals surface area contributed by atoms with E-state index in [1.54, 1.807) is 0 Å². The summed E-state index contributed by atoms with van der Waals surface area (Å²) in [5, 5.41) is 0. The lowest BCUT2D eigenvalue weighted by atomic mass is 9.84. The minimum atomic E-state index is -0.337. The molecule has 0 aromatic carbocycles. The van der Waals surface area contributed by atoms with E-state index in [1.807, 2.05) is 33.0 Å². The van der Waals surface area contributed by atoms with Crippen molar-refractivity contribution in [2.45, 2.75) is 47.6 Å². The molecular weight excluding hydrogens is 222 g/mol. The van der Waals surface area contributed by atoms with Crippen molar-refractivity contribution >= 4 is 11.9 Å². The average Bonchev–Trinajstić information content (AvgIpc) is 2.66. The standard InChI is InChI=1S/C16H23NO/c1-7-11-12(14(18)15(2,3)4)9-17-10-16(5,6)8-13(11)17/h7,9H,1,8,10H2,2-6H3. The first-order valence-corrected chi connectivity index (χ1v) is 6.55. The van der Waals surface area contributed by atoms with Crippen LogP contribution in [0.3, 0.4) is 0 Å². The van der Waals surface area contributed by atoms with Gasteiger partial charge in [-0.3, -0.25) is 4.79 Å². The van der Waals surface area contributed by atoms with Crippen LogP contribution < -0.4 is 0 Å². The van der Waals surface area contributed by atoms with Gasteiger partial charge in [-0.25, -0.2) is 0 Å². The first kappa shape index (κ1) is 13.1. The topological polar surface area (TPSA) is 22.0 Å². The number of nitrogens with zero attached hydrogens (tertiary/aromatic N) is 1. The molecule has 0 bridgehead atoms. The maximum atomic E-state index is 12.5. The van der Waals surface area contributed by atoms with Crippen molar-refractivity contribution in [3.05, 3.63) is 29.6 Å². The van der Waals surface area contributed by atoms with E-state index in [0.29, 0.717) is 0 Å². The molecule has 0 saturated carbocycles. The van der Waals surface area contributed by atoms with Gasteiger partial charge in [0.25, 0.3) is 0 Å². The van der Waals surface area contributed by atoms with E-state index >= 15 is 0 Å². The lowest BCUT2D eigenvalue weighted by Gasteiger charge is -2.18. The molecule has 0 N–H and O–H groups in total. The average molecular weight is 245 g/mol. The van der Waals surface area contributed by atoms with E-state index in [2.05, 4.69) is 25.0 Å². The van der Waals surface area contributed by atoms with Crippen molar-refractivity contribution in [3.63, 3.8) is 0 Å². The molecule has 2 heteroatoms. The molecule has 1 aromatic rings. The predicted molar refractivity (Wildman–Crippen MR) is 75.8 cm³/mol. The van der Waals surface area contributed by atoms with Crippen LogP contribution in [0, 0.1) is 10.8 Å². The van der Waals surface area contributed by atoms with Crippen molar-refractivity contribution in [1.82, 2.24) is 4.57 Å². The molecule has 0 saturated heterocycles. The van der Waals surface area contributed by atoms with E-state index in [4.69, 9.17) is 0 Å². The summed E-state index contributed by atoms with van der Waals surface area (Å²) in [6.07, 6.45) is 4.88. The molecule has 1 aliphatic rings. The lowest BCUT2D eigenvalue weighted by molar-refractivity contribution is 0.0858. The zero-order valence-electron chi connectivity index (χ0n) is 12.1. The highest BCUT2D eigenvalue weighted by molar-refractivity contribution is 6.03. The number of carbonyl (C=O) groups is 1. The van der Waals surface area contributed by atoms with Crippen LogP contribution in [0.25, 0.3) is 6.08 Å². The molecule has 2 nitrogen and oxygen atoms in total. The lowest BCUT2D eigenvalue weighted by Crippen LogP contribution is -2.21. The highest BCUT2D eigenvalue weighted by atomic mass is 16.1. The second kappa shape index (κ2) is 3.84. The fourth-order valence-corrected chi connectivity index (χ4v) is 2.73. The summed E-state index contributed by atoms with van der Waals surface area (Å²) in [6, 6.07) is 0. The number of hydrogen-bond acceptors (Lipinski definition) is 1. The summed E-state index contributed by atoms with van der Waals surface area (Å²) in [4.78, 5) is 12.5. The molecule has 0 fully saturated rings. The van der Waals surface area contributed by atoms with Crippen LogP contribution in [-0.2, 0) is 13.0 Å². The van der Waals surface area contributed by atoms with Gasteiger partial charge in [0.05, 0.1) is 0 Å². The zero-order chi connectivity index (χ0) is 13.7. The van der Waals surface area contributed by atoms with E-state index < -0.39 is 0 Å². The molecule has 0 radical (unpaired) electrons. The number of Topliss-reactive ketones (excluding diaryl/α,β-unsaturated/α-hetero) is 1. The van der Waals surface area contributed by atoms with Gasteiger partial charge < -0.3 is 4.57 Å². The van der Waals surface area contributed by atoms with Crippen molar-refractivity contribution in [2.75, 3.05) is 0 Å². The van der Waals surface area contributed by atoms with Gasteiger partial charge in [-0.1, -0.05) is 47.3 Å². The van der Waals surface area contributed by atoms with E-state index in [1.165, 1.54) is 5.69 Å². The van der Waals surface area contributed by atoms with Gasteiger partial charge in [-0.05, 0) is 11.8 Å². The van der Waals surface area contributed by atoms with Crippen LogP contribution in [0.2, 0.25) is 0 Å². The molecule has 2 heterocycles. The smallest absolute Gasteiger partial charge is 0.170 e. The number of carbonyl (C=O) groups excluding carboxylic acids is 1. The largest absolute Gasteiger partial charge is 0.350 e. The number of hydrogen-bond donors (Lipinski definition) is 0. The Bertz CT molecular complexity index is 512. The Balaban J connectivity index is 2.49. The van der Waals surface area contributed by atoms with Gasteiger partial charge in [0, 0.05) is 35.0 Å². The van der Waals surface area contributed by atoms with Crippen molar-refractivity contribution in [2.24, 2.45) is 10.8 Å². The summed E-state index contributed by atoms with van der Waals surface area (Å²) in [5.74, 6) is 0.206. The summed E-state index contributed by atoms with van der Waals surface area (Å²) in [6.45, 7) is 15.3. The molecule has 98 valence electrons. The Kier molecular flexibility index (Phi) is 2.80. The quantitative estimate of drug-likeness (QED) is 0.723. The second-order valence-corrected chi connectivity index (χ2v) is 7.16. The van der Waals surface area contributed by atoms with Crippen molar-refractivity contribution < 1.29 is 4.79 Å². The first-order chi connectivity index (χ1) is 8.15. The van der Waals surface area contributed by atoms with E-state index in [9.17, 15) is 4.79 Å². The van der Waals surface area contributed by atoms with Crippen LogP contribution in [-0.4, -0.2) is 10.4 Å². The van der Waals surface area contributed by atoms with E-state index in [-0.39, 0.29) is 16.6 Å². The summed E-state index contributed by atoms with van der Waals surface area (Å²) >= 11 is 0. The number of fused-ring (bicyclic) bond motifs is 1. The Labute approximate surface area is 110 Å². The van der Waals surface area contributed by atoms with Crippen LogP contribution in [0.5, 0.6) is 0 Å². The Morgan fingerprint density at radius 2 is 2.06 bits per heavy atom. The fraction of sp³-hybridized carbons (Fsp3) is 0.562. The third-order valence-corrected chi connectivity index (χ3v) is 3.61. The van der Waals surface area contributed by atoms with Crippen LogP contribution in [0.15, 0.2) is 12.8 Å². The normalized spacial score (nSPS) is 17.6. The van der Waals surface area contributed by atoms with Gasteiger partial charge in [0.2, 0.25) is 0 Å². The highest BCUT2D eigenvalue weighted by Gasteiger charge is 2.34. The maximum absolute atomic E-state index is 12.5. The third-order valence-electron chi connectivity index (χ3n) is 3.61. The SMILES string of the molecule is C=Cc1c(C(=O)C(C)(C)C)cn2c1CC(C)(C)C2. The van der Waals surface area contributed by atoms with Crippen LogP contribution in [0.1, 0.15) is 56.2 Å². The van der Waals surface area contributed by atoms with Gasteiger partial charge in [0.15, 0.2) is 5.78 Å². The molecule has 0 spiro atoms. The molecule has 2 rings (SSSR count). The molecule has 1 aromatic heterocycles. The zero-order valence-corrected chi connectivity index (χ0v) is 12.1. The van der Waals surface area contributed by atoms with Crippen molar-refractivity contribution in [1.29, 1.82) is 0 Å². The van der Waals surface area contributed by atoms with E-state index in [0.717, 1.165) is 24.1 Å². The third kappa shape index (κ3) is 2.05. The minimum absolute atomic E-state index is 0.206. The molecule has 0 unspecified atom stereocenters. The summed E-state index contributed by atoms with van der Waals surface area (Å²) in [5.41, 5.74) is 3.10. The fourth-order valence-electron chi connectivity index (χ4n) is 2.73. The Hall–Kier alpha value is -1.31. The molecule has 0 amide bonds. The molecule has 18 heavy (non-hydrogen) atoms. The van der Waals surface area contributed by atoms with Gasteiger partial charge in [0.1, 0.15) is 0 Å². The minimum Gasteiger partial charge on any atom is -0.350 e. The number of ketones is 1. The summed E-state index contributed by atoms with van der Waals surface area (Å²) < 4.78 is 2.23. The van der Waals surface area contributed by atoms with Crippen LogP contribution in [0.4, 0.5) is 0 Å². The maximum Gasteiger partial charge on any atom is 0.170 e. The molecular formula is C16H23NO. The highest BCUT2D eigenvalue weighted by Crippen LogP contribution is 2.37. The Morgan fingerprint density at radius 1 is 1.44 bits per heavy atom. The van der Waals surface area contributed by atoms with Crippen LogP contribution >= 0.6 is 0 Å². The summed E-state index contributed by atoms with van der Waals surface area (Å²) in [7, 11) is 0.